The van der Waals surface area contributed by atoms with E-state index in [1.54, 1.807) is 42.5 Å². The Kier molecular flexibility index (Phi) is 3.68. The molecule has 5 heteroatoms. The summed E-state index contributed by atoms with van der Waals surface area (Å²) in [4.78, 5) is 0.151. The standard InChI is InChI=1S/C12H9IO3S/c13-10-6-8-11(9-7-10)16-17(14,15)12-4-2-1-3-5-12/h1-9H. The molecule has 0 radical (unpaired) electrons. The minimum Gasteiger partial charge on any atom is -0.379 e. The zero-order valence-corrected chi connectivity index (χ0v) is 11.7. The summed E-state index contributed by atoms with van der Waals surface area (Å²) in [5.41, 5.74) is 0. The van der Waals surface area contributed by atoms with Crippen molar-refractivity contribution in [1.82, 2.24) is 0 Å². The Morgan fingerprint density at radius 2 is 1.47 bits per heavy atom. The van der Waals surface area contributed by atoms with Crippen molar-refractivity contribution in [2.24, 2.45) is 0 Å². The number of hydrogen-bond acceptors (Lipinski definition) is 3. The van der Waals surface area contributed by atoms with E-state index in [1.165, 1.54) is 12.1 Å². The van der Waals surface area contributed by atoms with Crippen LogP contribution in [0.15, 0.2) is 59.5 Å². The van der Waals surface area contributed by atoms with Crippen LogP contribution >= 0.6 is 22.6 Å². The maximum absolute atomic E-state index is 11.9. The van der Waals surface area contributed by atoms with Crippen LogP contribution in [0.5, 0.6) is 5.75 Å². The van der Waals surface area contributed by atoms with Crippen molar-refractivity contribution in [3.05, 3.63) is 58.2 Å². The Bertz CT molecular complexity index is 591. The summed E-state index contributed by atoms with van der Waals surface area (Å²) in [5.74, 6) is 0.314. The van der Waals surface area contributed by atoms with Crippen LogP contribution in [0.1, 0.15) is 0 Å². The largest absolute Gasteiger partial charge is 0.379 e. The molecule has 0 fully saturated rings. The third kappa shape index (κ3) is 3.19. The van der Waals surface area contributed by atoms with Crippen LogP contribution in [-0.2, 0) is 10.1 Å². The van der Waals surface area contributed by atoms with E-state index in [9.17, 15) is 8.42 Å². The highest BCUT2D eigenvalue weighted by Crippen LogP contribution is 2.19. The SMILES string of the molecule is O=S(=O)(Oc1ccc(I)cc1)c1ccccc1. The van der Waals surface area contributed by atoms with Crippen LogP contribution in [0.3, 0.4) is 0 Å². The van der Waals surface area contributed by atoms with E-state index in [0.717, 1.165) is 3.57 Å². The summed E-state index contributed by atoms with van der Waals surface area (Å²) in [6.45, 7) is 0. The first-order valence-corrected chi connectivity index (χ1v) is 7.32. The molecule has 0 bridgehead atoms. The first-order chi connectivity index (χ1) is 8.08. The van der Waals surface area contributed by atoms with Gasteiger partial charge in [0.1, 0.15) is 10.6 Å². The van der Waals surface area contributed by atoms with Gasteiger partial charge in [-0.05, 0) is 59.0 Å². The van der Waals surface area contributed by atoms with E-state index in [-0.39, 0.29) is 4.90 Å². The molecule has 0 aliphatic rings. The van der Waals surface area contributed by atoms with Gasteiger partial charge in [0.2, 0.25) is 0 Å². The van der Waals surface area contributed by atoms with Gasteiger partial charge in [0.15, 0.2) is 0 Å². The monoisotopic (exact) mass is 360 g/mol. The van der Waals surface area contributed by atoms with Gasteiger partial charge in [0.05, 0.1) is 0 Å². The Hall–Kier alpha value is -1.08. The second-order valence-corrected chi connectivity index (χ2v) is 6.10. The quantitative estimate of drug-likeness (QED) is 0.624. The highest BCUT2D eigenvalue weighted by molar-refractivity contribution is 14.1. The summed E-state index contributed by atoms with van der Waals surface area (Å²) >= 11 is 2.14. The number of rotatable bonds is 3. The van der Waals surface area contributed by atoms with E-state index in [4.69, 9.17) is 4.18 Å². The van der Waals surface area contributed by atoms with Gasteiger partial charge in [0, 0.05) is 3.57 Å². The lowest BCUT2D eigenvalue weighted by atomic mass is 10.3. The highest BCUT2D eigenvalue weighted by Gasteiger charge is 2.15. The van der Waals surface area contributed by atoms with Crippen LogP contribution < -0.4 is 4.18 Å². The second kappa shape index (κ2) is 5.05. The molecule has 0 atom stereocenters. The Balaban J connectivity index is 2.27. The van der Waals surface area contributed by atoms with Crippen molar-refractivity contribution in [1.29, 1.82) is 0 Å². The average Bonchev–Trinajstić information content (AvgIpc) is 2.33. The number of halogens is 1. The van der Waals surface area contributed by atoms with Gasteiger partial charge in [-0.15, -0.1) is 0 Å². The van der Waals surface area contributed by atoms with Crippen LogP contribution in [0.2, 0.25) is 0 Å². The summed E-state index contributed by atoms with van der Waals surface area (Å²) in [5, 5.41) is 0. The fourth-order valence-electron chi connectivity index (χ4n) is 1.25. The molecule has 0 spiro atoms. The Labute approximate surface area is 114 Å². The first kappa shape index (κ1) is 12.4. The molecular formula is C12H9IO3S. The van der Waals surface area contributed by atoms with Gasteiger partial charge in [-0.25, -0.2) is 0 Å². The Morgan fingerprint density at radius 1 is 0.882 bits per heavy atom. The van der Waals surface area contributed by atoms with Gasteiger partial charge in [0.25, 0.3) is 0 Å². The Morgan fingerprint density at radius 3 is 2.06 bits per heavy atom. The third-order valence-electron chi connectivity index (χ3n) is 2.05. The van der Waals surface area contributed by atoms with E-state index in [2.05, 4.69) is 22.6 Å². The summed E-state index contributed by atoms with van der Waals surface area (Å²) in [6, 6.07) is 14.9. The lowest BCUT2D eigenvalue weighted by Gasteiger charge is -2.06. The predicted molar refractivity (Wildman–Crippen MR) is 73.4 cm³/mol. The molecular weight excluding hydrogens is 351 g/mol. The molecule has 0 N–H and O–H groups in total. The van der Waals surface area contributed by atoms with Gasteiger partial charge < -0.3 is 4.18 Å². The molecule has 88 valence electrons. The summed E-state index contributed by atoms with van der Waals surface area (Å²) in [7, 11) is -3.73. The van der Waals surface area contributed by atoms with E-state index in [1.807, 2.05) is 0 Å². The number of hydrogen-bond donors (Lipinski definition) is 0. The van der Waals surface area contributed by atoms with Crippen molar-refractivity contribution in [2.75, 3.05) is 0 Å². The lowest BCUT2D eigenvalue weighted by Crippen LogP contribution is -2.09. The predicted octanol–water partition coefficient (Wildman–Crippen LogP) is 3.06. The van der Waals surface area contributed by atoms with Gasteiger partial charge >= 0.3 is 10.1 Å². The fraction of sp³-hybridized carbons (Fsp3) is 0. The second-order valence-electron chi connectivity index (χ2n) is 3.30. The zero-order valence-electron chi connectivity index (χ0n) is 8.71. The maximum atomic E-state index is 11.9. The molecule has 17 heavy (non-hydrogen) atoms. The molecule has 0 saturated carbocycles. The smallest absolute Gasteiger partial charge is 0.339 e. The van der Waals surface area contributed by atoms with Crippen LogP contribution in [0, 0.1) is 3.57 Å². The molecule has 0 amide bonds. The van der Waals surface area contributed by atoms with Crippen LogP contribution in [0.25, 0.3) is 0 Å². The van der Waals surface area contributed by atoms with Crippen LogP contribution in [0.4, 0.5) is 0 Å². The normalized spacial score (nSPS) is 11.1. The molecule has 2 rings (SSSR count). The molecule has 2 aromatic rings. The molecule has 0 aliphatic heterocycles. The van der Waals surface area contributed by atoms with Crippen molar-refractivity contribution in [3.63, 3.8) is 0 Å². The molecule has 3 nitrogen and oxygen atoms in total. The lowest BCUT2D eigenvalue weighted by molar-refractivity contribution is 0.486. The summed E-state index contributed by atoms with van der Waals surface area (Å²) < 4.78 is 29.8. The molecule has 2 aromatic carbocycles. The molecule has 0 unspecified atom stereocenters. The fourth-order valence-corrected chi connectivity index (χ4v) is 2.56. The van der Waals surface area contributed by atoms with E-state index in [0.29, 0.717) is 5.75 Å². The van der Waals surface area contributed by atoms with Crippen molar-refractivity contribution >= 4 is 32.7 Å². The van der Waals surface area contributed by atoms with E-state index < -0.39 is 10.1 Å². The van der Waals surface area contributed by atoms with Crippen molar-refractivity contribution in [2.45, 2.75) is 4.90 Å². The van der Waals surface area contributed by atoms with E-state index >= 15 is 0 Å². The topological polar surface area (TPSA) is 43.4 Å². The third-order valence-corrected chi connectivity index (χ3v) is 4.03. The van der Waals surface area contributed by atoms with Crippen molar-refractivity contribution < 1.29 is 12.6 Å². The van der Waals surface area contributed by atoms with Gasteiger partial charge in [-0.2, -0.15) is 8.42 Å². The molecule has 0 saturated heterocycles. The van der Waals surface area contributed by atoms with Gasteiger partial charge in [-0.1, -0.05) is 18.2 Å². The molecule has 0 aliphatic carbocycles. The molecule has 0 aromatic heterocycles. The average molecular weight is 360 g/mol. The molecule has 0 heterocycles. The highest BCUT2D eigenvalue weighted by atomic mass is 127. The minimum atomic E-state index is -3.73. The first-order valence-electron chi connectivity index (χ1n) is 4.83. The van der Waals surface area contributed by atoms with Gasteiger partial charge in [-0.3, -0.25) is 0 Å². The zero-order chi connectivity index (χ0) is 12.3. The van der Waals surface area contributed by atoms with Crippen LogP contribution in [-0.4, -0.2) is 8.42 Å². The minimum absolute atomic E-state index is 0.151. The maximum Gasteiger partial charge on any atom is 0.339 e. The number of benzene rings is 2. The summed E-state index contributed by atoms with van der Waals surface area (Å²) in [6.07, 6.45) is 0. The van der Waals surface area contributed by atoms with Crippen molar-refractivity contribution in [3.8, 4) is 5.75 Å².